The highest BCUT2D eigenvalue weighted by Gasteiger charge is 2.41. The minimum absolute atomic E-state index is 0.0220. The summed E-state index contributed by atoms with van der Waals surface area (Å²) in [6, 6.07) is 10.4. The molecule has 118 valence electrons. The lowest BCUT2D eigenvalue weighted by molar-refractivity contribution is -0.301. The summed E-state index contributed by atoms with van der Waals surface area (Å²) >= 11 is 0. The van der Waals surface area contributed by atoms with Gasteiger partial charge in [-0.3, -0.25) is 0 Å². The molecule has 1 aromatic carbocycles. The Hall–Kier alpha value is -0.900. The van der Waals surface area contributed by atoms with Gasteiger partial charge in [0.25, 0.3) is 0 Å². The molecular formula is C18H28O3. The first-order valence-corrected chi connectivity index (χ1v) is 7.87. The highest BCUT2D eigenvalue weighted by atomic mass is 16.7. The Balaban J connectivity index is 2.03. The molecule has 4 atom stereocenters. The fourth-order valence-electron chi connectivity index (χ4n) is 2.80. The monoisotopic (exact) mass is 292 g/mol. The molecule has 0 saturated carbocycles. The first kappa shape index (κ1) is 16.5. The first-order valence-electron chi connectivity index (χ1n) is 7.87. The van der Waals surface area contributed by atoms with Gasteiger partial charge in [-0.15, -0.1) is 0 Å². The minimum atomic E-state index is -0.212. The van der Waals surface area contributed by atoms with Crippen LogP contribution in [0, 0.1) is 11.3 Å². The van der Waals surface area contributed by atoms with E-state index in [0.29, 0.717) is 0 Å². The van der Waals surface area contributed by atoms with Gasteiger partial charge in [-0.1, -0.05) is 51.1 Å². The molecule has 0 spiro atoms. The Bertz CT molecular complexity index is 424. The Labute approximate surface area is 128 Å². The third kappa shape index (κ3) is 4.29. The van der Waals surface area contributed by atoms with Gasteiger partial charge in [0.2, 0.25) is 0 Å². The zero-order valence-corrected chi connectivity index (χ0v) is 13.6. The van der Waals surface area contributed by atoms with Gasteiger partial charge in [0.15, 0.2) is 6.29 Å². The standard InChI is InChI=1S/C18H28O3/c1-13-15(12-19)16(21-17(20-13)18(2,3)4)11-10-14-8-6-5-7-9-14/h5-9,13,15-17,19H,10-12H2,1-4H3/t13-,15+,16+,17-/m1/s1. The van der Waals surface area contributed by atoms with Crippen molar-refractivity contribution in [1.82, 2.24) is 0 Å². The second-order valence-electron chi connectivity index (χ2n) is 7.08. The van der Waals surface area contributed by atoms with Crippen molar-refractivity contribution in [3.05, 3.63) is 35.9 Å². The zero-order valence-electron chi connectivity index (χ0n) is 13.6. The maximum atomic E-state index is 9.66. The summed E-state index contributed by atoms with van der Waals surface area (Å²) in [5, 5.41) is 9.66. The third-order valence-corrected chi connectivity index (χ3v) is 4.20. The average molecular weight is 292 g/mol. The fraction of sp³-hybridized carbons (Fsp3) is 0.667. The van der Waals surface area contributed by atoms with Crippen molar-refractivity contribution in [2.45, 2.75) is 59.0 Å². The van der Waals surface area contributed by atoms with Crippen LogP contribution in [0.3, 0.4) is 0 Å². The van der Waals surface area contributed by atoms with E-state index in [1.54, 1.807) is 0 Å². The number of hydrogen-bond donors (Lipinski definition) is 1. The van der Waals surface area contributed by atoms with E-state index in [9.17, 15) is 5.11 Å². The molecule has 3 nitrogen and oxygen atoms in total. The second-order valence-corrected chi connectivity index (χ2v) is 7.08. The number of ether oxygens (including phenoxy) is 2. The summed E-state index contributed by atoms with van der Waals surface area (Å²) in [4.78, 5) is 0. The molecule has 21 heavy (non-hydrogen) atoms. The number of aryl methyl sites for hydroxylation is 1. The predicted molar refractivity (Wildman–Crippen MR) is 84.0 cm³/mol. The zero-order chi connectivity index (χ0) is 15.5. The SMILES string of the molecule is C[C@H]1O[C@@H](C(C)(C)C)O[C@@H](CCc2ccccc2)[C@H]1CO. The maximum Gasteiger partial charge on any atom is 0.163 e. The van der Waals surface area contributed by atoms with Gasteiger partial charge in [-0.05, 0) is 25.3 Å². The summed E-state index contributed by atoms with van der Waals surface area (Å²) in [5.41, 5.74) is 1.25. The molecule has 1 aromatic rings. The van der Waals surface area contributed by atoms with Crippen LogP contribution >= 0.6 is 0 Å². The number of aliphatic hydroxyl groups is 1. The molecule has 1 aliphatic rings. The largest absolute Gasteiger partial charge is 0.396 e. The van der Waals surface area contributed by atoms with Crippen LogP contribution in [0.5, 0.6) is 0 Å². The quantitative estimate of drug-likeness (QED) is 0.924. The van der Waals surface area contributed by atoms with Crippen molar-refractivity contribution < 1.29 is 14.6 Å². The molecule has 1 N–H and O–H groups in total. The lowest BCUT2D eigenvalue weighted by Gasteiger charge is -2.44. The van der Waals surface area contributed by atoms with Gasteiger partial charge in [-0.2, -0.15) is 0 Å². The fourth-order valence-corrected chi connectivity index (χ4v) is 2.80. The van der Waals surface area contributed by atoms with Crippen LogP contribution in [0.2, 0.25) is 0 Å². The Morgan fingerprint density at radius 2 is 1.76 bits per heavy atom. The predicted octanol–water partition coefficient (Wildman–Crippen LogP) is 3.40. The van der Waals surface area contributed by atoms with Crippen LogP contribution in [-0.2, 0) is 15.9 Å². The van der Waals surface area contributed by atoms with Gasteiger partial charge in [0.1, 0.15) is 0 Å². The van der Waals surface area contributed by atoms with Crippen molar-refractivity contribution in [2.75, 3.05) is 6.61 Å². The molecule has 1 aliphatic heterocycles. The van der Waals surface area contributed by atoms with E-state index >= 15 is 0 Å². The lowest BCUT2D eigenvalue weighted by atomic mass is 9.88. The smallest absolute Gasteiger partial charge is 0.163 e. The van der Waals surface area contributed by atoms with Gasteiger partial charge < -0.3 is 14.6 Å². The van der Waals surface area contributed by atoms with Crippen LogP contribution in [0.25, 0.3) is 0 Å². The van der Waals surface area contributed by atoms with Crippen molar-refractivity contribution in [3.63, 3.8) is 0 Å². The van der Waals surface area contributed by atoms with Crippen molar-refractivity contribution in [1.29, 1.82) is 0 Å². The molecule has 1 fully saturated rings. The van der Waals surface area contributed by atoms with Gasteiger partial charge in [0.05, 0.1) is 18.8 Å². The molecule has 0 bridgehead atoms. The van der Waals surface area contributed by atoms with E-state index in [-0.39, 0.29) is 36.4 Å². The van der Waals surface area contributed by atoms with Crippen LogP contribution < -0.4 is 0 Å². The molecule has 0 aliphatic carbocycles. The molecule has 1 heterocycles. The lowest BCUT2D eigenvalue weighted by Crippen LogP contribution is -2.50. The van der Waals surface area contributed by atoms with Crippen molar-refractivity contribution >= 4 is 0 Å². The minimum Gasteiger partial charge on any atom is -0.396 e. The number of aliphatic hydroxyl groups excluding tert-OH is 1. The van der Waals surface area contributed by atoms with Gasteiger partial charge in [-0.25, -0.2) is 0 Å². The third-order valence-electron chi connectivity index (χ3n) is 4.20. The van der Waals surface area contributed by atoms with Gasteiger partial charge >= 0.3 is 0 Å². The van der Waals surface area contributed by atoms with Crippen LogP contribution in [0.4, 0.5) is 0 Å². The van der Waals surface area contributed by atoms with E-state index in [4.69, 9.17) is 9.47 Å². The summed E-state index contributed by atoms with van der Waals surface area (Å²) in [5.74, 6) is 0.0484. The number of rotatable bonds is 4. The Morgan fingerprint density at radius 1 is 1.10 bits per heavy atom. The maximum absolute atomic E-state index is 9.66. The van der Waals surface area contributed by atoms with Crippen molar-refractivity contribution in [3.8, 4) is 0 Å². The normalized spacial score (nSPS) is 30.3. The topological polar surface area (TPSA) is 38.7 Å². The van der Waals surface area contributed by atoms with E-state index in [1.165, 1.54) is 5.56 Å². The molecule has 1 saturated heterocycles. The summed E-state index contributed by atoms with van der Waals surface area (Å²) in [6.07, 6.45) is 1.73. The number of benzene rings is 1. The molecule has 3 heteroatoms. The van der Waals surface area contributed by atoms with E-state index in [1.807, 2.05) is 13.0 Å². The summed E-state index contributed by atoms with van der Waals surface area (Å²) < 4.78 is 12.1. The Morgan fingerprint density at radius 3 is 2.33 bits per heavy atom. The van der Waals surface area contributed by atoms with Gasteiger partial charge in [0, 0.05) is 11.3 Å². The molecule has 0 unspecified atom stereocenters. The highest BCUT2D eigenvalue weighted by molar-refractivity contribution is 5.14. The van der Waals surface area contributed by atoms with E-state index in [2.05, 4.69) is 45.0 Å². The molecule has 2 rings (SSSR count). The summed E-state index contributed by atoms with van der Waals surface area (Å²) in [7, 11) is 0. The highest BCUT2D eigenvalue weighted by Crippen LogP contribution is 2.35. The van der Waals surface area contributed by atoms with E-state index in [0.717, 1.165) is 12.8 Å². The molecule has 0 amide bonds. The first-order chi connectivity index (χ1) is 9.91. The summed E-state index contributed by atoms with van der Waals surface area (Å²) in [6.45, 7) is 8.52. The van der Waals surface area contributed by atoms with Crippen LogP contribution in [-0.4, -0.2) is 30.2 Å². The van der Waals surface area contributed by atoms with Crippen LogP contribution in [0.15, 0.2) is 30.3 Å². The van der Waals surface area contributed by atoms with Crippen molar-refractivity contribution in [2.24, 2.45) is 11.3 Å². The van der Waals surface area contributed by atoms with E-state index < -0.39 is 0 Å². The average Bonchev–Trinajstić information content (AvgIpc) is 2.44. The van der Waals surface area contributed by atoms with Crippen LogP contribution in [0.1, 0.15) is 39.7 Å². The second kappa shape index (κ2) is 6.91. The molecule has 0 aromatic heterocycles. The molecule has 0 radical (unpaired) electrons. The Kier molecular flexibility index (Phi) is 5.42. The molecular weight excluding hydrogens is 264 g/mol. The number of hydrogen-bond acceptors (Lipinski definition) is 3.